The molecule has 5 heteroatoms. The van der Waals surface area contributed by atoms with Crippen molar-refractivity contribution in [3.8, 4) is 0 Å². The van der Waals surface area contributed by atoms with Crippen molar-refractivity contribution in [2.75, 3.05) is 4.90 Å². The molecule has 1 fully saturated rings. The number of carbonyl (C=O) groups excluding carboxylic acids is 2. The molecule has 1 aromatic rings. The predicted octanol–water partition coefficient (Wildman–Crippen LogP) is 3.26. The van der Waals surface area contributed by atoms with Crippen molar-refractivity contribution in [2.24, 2.45) is 5.92 Å². The molecule has 4 nitrogen and oxygen atoms in total. The second kappa shape index (κ2) is 4.91. The summed E-state index contributed by atoms with van der Waals surface area (Å²) in [5.74, 6) is -0.252. The summed E-state index contributed by atoms with van der Waals surface area (Å²) in [6, 6.07) is 8.87. The minimum atomic E-state index is -0.306. The van der Waals surface area contributed by atoms with E-state index in [1.165, 1.54) is 21.8 Å². The summed E-state index contributed by atoms with van der Waals surface area (Å²) in [6.07, 6.45) is 4.39. The van der Waals surface area contributed by atoms with Crippen LogP contribution in [0.15, 0.2) is 40.8 Å². The molecule has 1 saturated heterocycles. The Morgan fingerprint density at radius 1 is 1.10 bits per heavy atom. The summed E-state index contributed by atoms with van der Waals surface area (Å²) < 4.78 is 0. The lowest BCUT2D eigenvalue weighted by atomic mass is 9.87. The number of anilines is 1. The van der Waals surface area contributed by atoms with Crippen LogP contribution in [0.3, 0.4) is 0 Å². The lowest BCUT2D eigenvalue weighted by Crippen LogP contribution is -2.58. The van der Waals surface area contributed by atoms with Gasteiger partial charge in [-0.05, 0) is 48.3 Å². The number of rotatable bonds is 1. The second-order valence-electron chi connectivity index (χ2n) is 5.63. The van der Waals surface area contributed by atoms with E-state index in [2.05, 4.69) is 5.32 Å². The Morgan fingerprint density at radius 3 is 2.67 bits per heavy atom. The average Bonchev–Trinajstić information content (AvgIpc) is 2.86. The van der Waals surface area contributed by atoms with Crippen LogP contribution in [-0.2, 0) is 4.79 Å². The molecule has 3 aliphatic rings. The highest BCUT2D eigenvalue weighted by molar-refractivity contribution is 8.04. The Balaban J connectivity index is 1.71. The van der Waals surface area contributed by atoms with Crippen LogP contribution in [0.5, 0.6) is 0 Å². The molecule has 1 N–H and O–H groups in total. The summed E-state index contributed by atoms with van der Waals surface area (Å²) in [7, 11) is 0. The quantitative estimate of drug-likeness (QED) is 0.866. The largest absolute Gasteiger partial charge is 0.329 e. The minimum absolute atomic E-state index is 0.0747. The fourth-order valence-corrected chi connectivity index (χ4v) is 4.93. The monoisotopic (exact) mass is 300 g/mol. The highest BCUT2D eigenvalue weighted by atomic mass is 32.2. The van der Waals surface area contributed by atoms with Gasteiger partial charge in [-0.15, -0.1) is 11.8 Å². The highest BCUT2D eigenvalue weighted by Gasteiger charge is 2.48. The molecule has 4 rings (SSSR count). The van der Waals surface area contributed by atoms with Crippen molar-refractivity contribution < 1.29 is 9.59 Å². The van der Waals surface area contributed by atoms with E-state index in [0.717, 1.165) is 19.3 Å². The van der Waals surface area contributed by atoms with Gasteiger partial charge in [0.05, 0.1) is 17.0 Å². The van der Waals surface area contributed by atoms with Crippen molar-refractivity contribution in [3.05, 3.63) is 40.8 Å². The topological polar surface area (TPSA) is 49.4 Å². The predicted molar refractivity (Wildman–Crippen MR) is 82.8 cm³/mol. The smallest absolute Gasteiger partial charge is 0.324 e. The molecule has 0 aromatic heterocycles. The molecular formula is C16H16N2O2S. The molecule has 2 atom stereocenters. The standard InChI is InChI=1S/C16H16N2O2S/c19-15-13-11-8-4-5-9-12(11)21-14(13)17-16(20)18(15)10-6-2-1-3-7-10/h1-3,6-7,13-14H,4-5,8-9H2,(H,17,20). The van der Waals surface area contributed by atoms with Crippen molar-refractivity contribution in [1.29, 1.82) is 0 Å². The van der Waals surface area contributed by atoms with Crippen LogP contribution in [0.2, 0.25) is 0 Å². The van der Waals surface area contributed by atoms with E-state index >= 15 is 0 Å². The molecule has 21 heavy (non-hydrogen) atoms. The van der Waals surface area contributed by atoms with Crippen LogP contribution in [0.25, 0.3) is 0 Å². The number of amides is 3. The van der Waals surface area contributed by atoms with E-state index in [1.807, 2.05) is 18.2 Å². The van der Waals surface area contributed by atoms with Gasteiger partial charge in [-0.3, -0.25) is 4.79 Å². The van der Waals surface area contributed by atoms with E-state index in [1.54, 1.807) is 23.9 Å². The average molecular weight is 300 g/mol. The first kappa shape index (κ1) is 13.0. The Morgan fingerprint density at radius 2 is 1.86 bits per heavy atom. The Bertz CT molecular complexity index is 641. The van der Waals surface area contributed by atoms with E-state index in [-0.39, 0.29) is 23.2 Å². The molecule has 3 amide bonds. The van der Waals surface area contributed by atoms with Gasteiger partial charge < -0.3 is 5.32 Å². The molecule has 2 aliphatic heterocycles. The third-order valence-corrected chi connectivity index (χ3v) is 5.77. The molecule has 2 unspecified atom stereocenters. The van der Waals surface area contributed by atoms with E-state index in [0.29, 0.717) is 5.69 Å². The summed E-state index contributed by atoms with van der Waals surface area (Å²) in [4.78, 5) is 27.8. The number of imide groups is 1. The Labute approximate surface area is 127 Å². The van der Waals surface area contributed by atoms with Gasteiger partial charge in [-0.25, -0.2) is 9.69 Å². The second-order valence-corrected chi connectivity index (χ2v) is 6.87. The first-order valence-electron chi connectivity index (χ1n) is 7.34. The fourth-order valence-electron chi connectivity index (χ4n) is 3.41. The number of nitrogens with zero attached hydrogens (tertiary/aromatic N) is 1. The van der Waals surface area contributed by atoms with Crippen molar-refractivity contribution in [3.63, 3.8) is 0 Å². The van der Waals surface area contributed by atoms with Crippen LogP contribution in [0.4, 0.5) is 10.5 Å². The molecule has 1 aromatic carbocycles. The molecule has 108 valence electrons. The Hall–Kier alpha value is -1.75. The number of para-hydroxylation sites is 1. The first-order valence-corrected chi connectivity index (χ1v) is 8.22. The van der Waals surface area contributed by atoms with E-state index in [4.69, 9.17) is 0 Å². The molecule has 1 aliphatic carbocycles. The van der Waals surface area contributed by atoms with Gasteiger partial charge in [0.1, 0.15) is 0 Å². The van der Waals surface area contributed by atoms with E-state index in [9.17, 15) is 9.59 Å². The number of thioether (sulfide) groups is 1. The number of hydrogen-bond donors (Lipinski definition) is 1. The van der Waals surface area contributed by atoms with Gasteiger partial charge in [-0.2, -0.15) is 0 Å². The maximum Gasteiger partial charge on any atom is 0.329 e. The number of nitrogens with one attached hydrogen (secondary N) is 1. The van der Waals surface area contributed by atoms with Gasteiger partial charge in [0.25, 0.3) is 0 Å². The number of carbonyl (C=O) groups is 2. The van der Waals surface area contributed by atoms with Crippen molar-refractivity contribution in [2.45, 2.75) is 31.1 Å². The van der Waals surface area contributed by atoms with Crippen molar-refractivity contribution in [1.82, 2.24) is 5.32 Å². The summed E-state index contributed by atoms with van der Waals surface area (Å²) >= 11 is 1.68. The Kier molecular flexibility index (Phi) is 3.03. The van der Waals surface area contributed by atoms with Crippen LogP contribution < -0.4 is 10.2 Å². The van der Waals surface area contributed by atoms with Crippen LogP contribution in [0, 0.1) is 5.92 Å². The maximum atomic E-state index is 12.9. The van der Waals surface area contributed by atoms with Gasteiger partial charge in [0.2, 0.25) is 5.91 Å². The fraction of sp³-hybridized carbons (Fsp3) is 0.375. The maximum absolute atomic E-state index is 12.9. The lowest BCUT2D eigenvalue weighted by Gasteiger charge is -2.34. The zero-order chi connectivity index (χ0) is 14.4. The molecule has 0 saturated carbocycles. The number of allylic oxidation sites excluding steroid dienone is 1. The first-order chi connectivity index (χ1) is 10.3. The van der Waals surface area contributed by atoms with Crippen LogP contribution in [-0.4, -0.2) is 17.3 Å². The molecule has 2 heterocycles. The third kappa shape index (κ3) is 1.99. The van der Waals surface area contributed by atoms with E-state index < -0.39 is 0 Å². The normalized spacial score (nSPS) is 28.3. The molecular weight excluding hydrogens is 284 g/mol. The number of hydrogen-bond acceptors (Lipinski definition) is 3. The van der Waals surface area contributed by atoms with Crippen LogP contribution >= 0.6 is 11.8 Å². The summed E-state index contributed by atoms with van der Waals surface area (Å²) in [5.41, 5.74) is 1.91. The van der Waals surface area contributed by atoms with Gasteiger partial charge in [0.15, 0.2) is 0 Å². The number of benzene rings is 1. The molecule has 0 spiro atoms. The molecule has 0 bridgehead atoms. The zero-order valence-corrected chi connectivity index (χ0v) is 12.4. The van der Waals surface area contributed by atoms with Crippen LogP contribution in [0.1, 0.15) is 25.7 Å². The third-order valence-electron chi connectivity index (χ3n) is 4.38. The van der Waals surface area contributed by atoms with Gasteiger partial charge in [-0.1, -0.05) is 18.2 Å². The highest BCUT2D eigenvalue weighted by Crippen LogP contribution is 2.49. The zero-order valence-electron chi connectivity index (χ0n) is 11.5. The SMILES string of the molecule is O=C1NC2SC3=C(CCCC3)C2C(=O)N1c1ccccc1. The molecule has 0 radical (unpaired) electrons. The van der Waals surface area contributed by atoms with Gasteiger partial charge >= 0.3 is 6.03 Å². The minimum Gasteiger partial charge on any atom is -0.324 e. The number of fused-ring (bicyclic) bond motifs is 2. The van der Waals surface area contributed by atoms with Crippen molar-refractivity contribution >= 4 is 29.4 Å². The lowest BCUT2D eigenvalue weighted by molar-refractivity contribution is -0.121. The summed E-state index contributed by atoms with van der Waals surface area (Å²) in [6.45, 7) is 0. The summed E-state index contributed by atoms with van der Waals surface area (Å²) in [5, 5.41) is 2.90. The van der Waals surface area contributed by atoms with Gasteiger partial charge in [0, 0.05) is 0 Å². The number of urea groups is 1.